The van der Waals surface area contributed by atoms with Crippen molar-refractivity contribution < 1.29 is 13.6 Å². The molecule has 33 heavy (non-hydrogen) atoms. The first-order valence-corrected chi connectivity index (χ1v) is 11.5. The predicted octanol–water partition coefficient (Wildman–Crippen LogP) is 6.65. The number of furan rings is 1. The molecule has 0 radical (unpaired) electrons. The molecule has 1 fully saturated rings. The summed E-state index contributed by atoms with van der Waals surface area (Å²) in [6, 6.07) is 23.1. The maximum atomic E-state index is 15.1. The van der Waals surface area contributed by atoms with Gasteiger partial charge >= 0.3 is 0 Å². The van der Waals surface area contributed by atoms with Gasteiger partial charge in [-0.1, -0.05) is 55.5 Å². The maximum Gasteiger partial charge on any atom is 0.255 e. The molecular weight excluding hydrogens is 415 g/mol. The number of fused-ring (bicyclic) bond motifs is 1. The molecule has 1 aliphatic heterocycles. The highest BCUT2D eigenvalue weighted by Gasteiger charge is 2.33. The summed E-state index contributed by atoms with van der Waals surface area (Å²) in [7, 11) is 0. The Hall–Kier alpha value is -3.44. The Labute approximate surface area is 193 Å². The number of piperidine rings is 1. The average Bonchev–Trinajstić information content (AvgIpc) is 3.20. The van der Waals surface area contributed by atoms with Crippen molar-refractivity contribution in [2.75, 3.05) is 18.4 Å². The Morgan fingerprint density at radius 2 is 1.64 bits per heavy atom. The summed E-state index contributed by atoms with van der Waals surface area (Å²) in [5.41, 5.74) is 2.39. The molecule has 0 saturated carbocycles. The van der Waals surface area contributed by atoms with E-state index in [1.54, 1.807) is 18.2 Å². The van der Waals surface area contributed by atoms with Crippen LogP contribution in [0.4, 0.5) is 10.1 Å². The Balaban J connectivity index is 1.64. The first-order valence-electron chi connectivity index (χ1n) is 11.5. The summed E-state index contributed by atoms with van der Waals surface area (Å²) in [5.74, 6) is 0.709. The number of hydrogen-bond donors (Lipinski definition) is 1. The summed E-state index contributed by atoms with van der Waals surface area (Å²) in [6.07, 6.45) is 2.08. The molecule has 1 saturated heterocycles. The predicted molar refractivity (Wildman–Crippen MR) is 129 cm³/mol. The largest absolute Gasteiger partial charge is 0.457 e. The number of benzene rings is 3. The lowest BCUT2D eigenvalue weighted by Gasteiger charge is -2.36. The fourth-order valence-corrected chi connectivity index (χ4v) is 4.65. The van der Waals surface area contributed by atoms with Crippen molar-refractivity contribution in [1.29, 1.82) is 0 Å². The van der Waals surface area contributed by atoms with Crippen LogP contribution in [0.15, 0.2) is 83.3 Å². The molecule has 1 amide bonds. The van der Waals surface area contributed by atoms with E-state index in [0.29, 0.717) is 34.1 Å². The van der Waals surface area contributed by atoms with Gasteiger partial charge in [-0.05, 0) is 62.2 Å². The van der Waals surface area contributed by atoms with Gasteiger partial charge in [0.15, 0.2) is 5.76 Å². The van der Waals surface area contributed by atoms with Crippen LogP contribution in [0.3, 0.4) is 0 Å². The number of nitrogens with zero attached hydrogens (tertiary/aromatic N) is 1. The molecular formula is C28H27FN2O2. The van der Waals surface area contributed by atoms with Crippen molar-refractivity contribution in [1.82, 2.24) is 4.90 Å². The van der Waals surface area contributed by atoms with Crippen molar-refractivity contribution in [2.24, 2.45) is 5.92 Å². The number of carbonyl (C=O) groups is 1. The number of rotatable bonds is 5. The normalized spacial score (nSPS) is 16.1. The third-order valence-electron chi connectivity index (χ3n) is 6.53. The molecule has 1 N–H and O–H groups in total. The molecule has 0 bridgehead atoms. The number of likely N-dealkylation sites (tertiary alicyclic amines) is 1. The van der Waals surface area contributed by atoms with Crippen molar-refractivity contribution in [3.05, 3.63) is 102 Å². The van der Waals surface area contributed by atoms with E-state index in [4.69, 9.17) is 4.42 Å². The van der Waals surface area contributed by atoms with Gasteiger partial charge in [-0.3, -0.25) is 9.69 Å². The fourth-order valence-electron chi connectivity index (χ4n) is 4.65. The monoisotopic (exact) mass is 442 g/mol. The van der Waals surface area contributed by atoms with Gasteiger partial charge in [-0.2, -0.15) is 0 Å². The Kier molecular flexibility index (Phi) is 5.97. The standard InChI is InChI=1S/C28H27FN2O2/c1-19-15-17-31(18-16-19)26(21-11-5-7-13-23(21)29)27-25(22-12-6-8-14-24(22)33-27)30-28(32)20-9-3-2-4-10-20/h2-14,19,26H,15-18H2,1H3,(H,30,32)/t26-/m1/s1. The van der Waals surface area contributed by atoms with Crippen LogP contribution in [0.25, 0.3) is 11.0 Å². The van der Waals surface area contributed by atoms with Crippen molar-refractivity contribution >= 4 is 22.6 Å². The topological polar surface area (TPSA) is 45.5 Å². The number of nitrogens with one attached hydrogen (secondary N) is 1. The molecule has 168 valence electrons. The van der Waals surface area contributed by atoms with Gasteiger partial charge in [-0.25, -0.2) is 4.39 Å². The summed E-state index contributed by atoms with van der Waals surface area (Å²) >= 11 is 0. The second-order valence-electron chi connectivity index (χ2n) is 8.80. The van der Waals surface area contributed by atoms with Crippen molar-refractivity contribution in [2.45, 2.75) is 25.8 Å². The van der Waals surface area contributed by atoms with Crippen LogP contribution in [0.2, 0.25) is 0 Å². The van der Waals surface area contributed by atoms with E-state index in [1.807, 2.05) is 54.6 Å². The average molecular weight is 443 g/mol. The van der Waals surface area contributed by atoms with E-state index < -0.39 is 6.04 Å². The second-order valence-corrected chi connectivity index (χ2v) is 8.80. The van der Waals surface area contributed by atoms with Crippen LogP contribution in [0.5, 0.6) is 0 Å². The molecule has 2 heterocycles. The van der Waals surface area contributed by atoms with E-state index in [1.165, 1.54) is 6.07 Å². The smallest absolute Gasteiger partial charge is 0.255 e. The fraction of sp³-hybridized carbons (Fsp3) is 0.250. The summed E-state index contributed by atoms with van der Waals surface area (Å²) in [6.45, 7) is 3.93. The summed E-state index contributed by atoms with van der Waals surface area (Å²) < 4.78 is 21.5. The van der Waals surface area contributed by atoms with Crippen molar-refractivity contribution in [3.63, 3.8) is 0 Å². The van der Waals surface area contributed by atoms with E-state index in [9.17, 15) is 4.79 Å². The molecule has 0 aliphatic carbocycles. The van der Waals surface area contributed by atoms with Crippen LogP contribution >= 0.6 is 0 Å². The number of para-hydroxylation sites is 1. The van der Waals surface area contributed by atoms with Gasteiger partial charge in [0.2, 0.25) is 0 Å². The highest BCUT2D eigenvalue weighted by atomic mass is 19.1. The lowest BCUT2D eigenvalue weighted by molar-refractivity contribution is 0.102. The second kappa shape index (κ2) is 9.20. The quantitative estimate of drug-likeness (QED) is 0.377. The minimum Gasteiger partial charge on any atom is -0.457 e. The zero-order chi connectivity index (χ0) is 22.8. The molecule has 1 aromatic heterocycles. The molecule has 4 nitrogen and oxygen atoms in total. The first kappa shape index (κ1) is 21.4. The minimum absolute atomic E-state index is 0.219. The number of halogens is 1. The van der Waals surface area contributed by atoms with Gasteiger partial charge in [0.25, 0.3) is 5.91 Å². The SMILES string of the molecule is CC1CCN([C@H](c2ccccc2F)c2oc3ccccc3c2NC(=O)c2ccccc2)CC1. The Bertz CT molecular complexity index is 1260. The van der Waals surface area contributed by atoms with Gasteiger partial charge in [0, 0.05) is 16.5 Å². The number of hydrogen-bond acceptors (Lipinski definition) is 3. The zero-order valence-electron chi connectivity index (χ0n) is 18.6. The zero-order valence-corrected chi connectivity index (χ0v) is 18.6. The van der Waals surface area contributed by atoms with E-state index >= 15 is 4.39 Å². The molecule has 5 rings (SSSR count). The molecule has 1 aliphatic rings. The number of amides is 1. The van der Waals surface area contributed by atoms with Crippen LogP contribution in [0.1, 0.15) is 47.5 Å². The number of anilines is 1. The molecule has 0 unspecified atom stereocenters. The summed E-state index contributed by atoms with van der Waals surface area (Å²) in [5, 5.41) is 3.89. The van der Waals surface area contributed by atoms with Crippen molar-refractivity contribution in [3.8, 4) is 0 Å². The number of carbonyl (C=O) groups excluding carboxylic acids is 1. The molecule has 1 atom stereocenters. The Morgan fingerprint density at radius 1 is 0.970 bits per heavy atom. The Morgan fingerprint density at radius 3 is 2.39 bits per heavy atom. The third-order valence-corrected chi connectivity index (χ3v) is 6.53. The molecule has 3 aromatic carbocycles. The summed E-state index contributed by atoms with van der Waals surface area (Å²) in [4.78, 5) is 15.4. The van der Waals surface area contributed by atoms with Crippen LogP contribution in [-0.2, 0) is 0 Å². The van der Waals surface area contributed by atoms with Gasteiger partial charge in [-0.15, -0.1) is 0 Å². The van der Waals surface area contributed by atoms with E-state index in [-0.39, 0.29) is 11.7 Å². The van der Waals surface area contributed by atoms with Gasteiger partial charge in [0.05, 0.1) is 11.7 Å². The van der Waals surface area contributed by atoms with E-state index in [2.05, 4.69) is 17.1 Å². The first-order chi connectivity index (χ1) is 16.1. The lowest BCUT2D eigenvalue weighted by Crippen LogP contribution is -2.37. The van der Waals surface area contributed by atoms with Crippen LogP contribution in [0, 0.1) is 11.7 Å². The molecule has 0 spiro atoms. The van der Waals surface area contributed by atoms with Crippen LogP contribution in [-0.4, -0.2) is 23.9 Å². The van der Waals surface area contributed by atoms with E-state index in [0.717, 1.165) is 31.3 Å². The highest BCUT2D eigenvalue weighted by molar-refractivity contribution is 6.09. The minimum atomic E-state index is -0.433. The molecule has 4 aromatic rings. The van der Waals surface area contributed by atoms with Gasteiger partial charge in [0.1, 0.15) is 11.4 Å². The van der Waals surface area contributed by atoms with Crippen LogP contribution < -0.4 is 5.32 Å². The third kappa shape index (κ3) is 4.29. The molecule has 5 heteroatoms. The maximum absolute atomic E-state index is 15.1. The lowest BCUT2D eigenvalue weighted by atomic mass is 9.94. The highest BCUT2D eigenvalue weighted by Crippen LogP contribution is 2.42. The van der Waals surface area contributed by atoms with Gasteiger partial charge < -0.3 is 9.73 Å².